The molecule has 10 heteroatoms. The fourth-order valence-corrected chi connectivity index (χ4v) is 5.16. The van der Waals surface area contributed by atoms with Crippen LogP contribution < -0.4 is 9.64 Å². The first-order valence-electron chi connectivity index (χ1n) is 11.1. The third-order valence-corrected chi connectivity index (χ3v) is 7.20. The second-order valence-corrected chi connectivity index (χ2v) is 9.62. The summed E-state index contributed by atoms with van der Waals surface area (Å²) in [5.41, 5.74) is 1.84. The number of aliphatic hydroxyl groups is 1. The number of methoxy groups -OCH3 is 1. The van der Waals surface area contributed by atoms with Gasteiger partial charge in [-0.2, -0.15) is 0 Å². The first kappa shape index (κ1) is 26.1. The van der Waals surface area contributed by atoms with Crippen LogP contribution in [0.25, 0.3) is 5.76 Å². The standard InChI is InChI=1S/C27H23ClN2O6S/c1-5-12-36-26(34)24-15(3)29-27(37-24)30-21(16-6-9-18(28)10-7-16)20(23(32)25(30)33)22(31)17-8-11-19(35-4)14(2)13-17/h5-11,13,21,31H,1,12H2,2-4H3/t21-/m0/s1. The lowest BCUT2D eigenvalue weighted by Crippen LogP contribution is -2.29. The zero-order valence-corrected chi connectivity index (χ0v) is 21.9. The number of amides is 1. The quantitative estimate of drug-likeness (QED) is 0.141. The highest BCUT2D eigenvalue weighted by Crippen LogP contribution is 2.44. The number of ketones is 1. The van der Waals surface area contributed by atoms with E-state index < -0.39 is 23.7 Å². The molecule has 2 aromatic carbocycles. The van der Waals surface area contributed by atoms with Crippen molar-refractivity contribution in [3.63, 3.8) is 0 Å². The van der Waals surface area contributed by atoms with E-state index in [1.54, 1.807) is 56.3 Å². The van der Waals surface area contributed by atoms with E-state index in [9.17, 15) is 19.5 Å². The van der Waals surface area contributed by atoms with Crippen molar-refractivity contribution in [1.82, 2.24) is 4.98 Å². The SMILES string of the molecule is C=CCOC(=O)c1sc(N2C(=O)C(=O)C(=C(O)c3ccc(OC)c(C)c3)[C@@H]2c2ccc(Cl)cc2)nc1C. The molecule has 2 heterocycles. The second-order valence-electron chi connectivity index (χ2n) is 8.20. The van der Waals surface area contributed by atoms with Crippen LogP contribution in [-0.4, -0.2) is 41.5 Å². The van der Waals surface area contributed by atoms with Gasteiger partial charge in [0.1, 0.15) is 23.0 Å². The van der Waals surface area contributed by atoms with Crippen LogP contribution in [0.5, 0.6) is 5.75 Å². The van der Waals surface area contributed by atoms with Crippen molar-refractivity contribution in [3.8, 4) is 5.75 Å². The molecule has 3 aromatic rings. The van der Waals surface area contributed by atoms with Gasteiger partial charge in [0.2, 0.25) is 0 Å². The predicted octanol–water partition coefficient (Wildman–Crippen LogP) is 5.39. The number of anilines is 1. The molecule has 190 valence electrons. The van der Waals surface area contributed by atoms with Gasteiger partial charge in [-0.1, -0.05) is 47.7 Å². The van der Waals surface area contributed by atoms with Crippen molar-refractivity contribution in [2.24, 2.45) is 0 Å². The summed E-state index contributed by atoms with van der Waals surface area (Å²) in [6.07, 6.45) is 1.44. The van der Waals surface area contributed by atoms with Crippen LogP contribution in [0, 0.1) is 13.8 Å². The summed E-state index contributed by atoms with van der Waals surface area (Å²) in [5, 5.41) is 11.9. The van der Waals surface area contributed by atoms with Crippen molar-refractivity contribution >= 4 is 51.5 Å². The number of Topliss-reactive ketones (excluding diaryl/α,β-unsaturated/α-hetero) is 1. The Balaban J connectivity index is 1.88. The number of esters is 1. The van der Waals surface area contributed by atoms with Crippen LogP contribution in [0.15, 0.2) is 60.7 Å². The maximum atomic E-state index is 13.4. The van der Waals surface area contributed by atoms with Crippen molar-refractivity contribution in [1.29, 1.82) is 0 Å². The molecule has 0 radical (unpaired) electrons. The number of rotatable bonds is 7. The Morgan fingerprint density at radius 1 is 1.22 bits per heavy atom. The van der Waals surface area contributed by atoms with Gasteiger partial charge >= 0.3 is 11.9 Å². The van der Waals surface area contributed by atoms with Crippen LogP contribution in [0.3, 0.4) is 0 Å². The summed E-state index contributed by atoms with van der Waals surface area (Å²) >= 11 is 7.01. The van der Waals surface area contributed by atoms with Gasteiger partial charge in [0.15, 0.2) is 5.13 Å². The number of nitrogens with zero attached hydrogens (tertiary/aromatic N) is 2. The van der Waals surface area contributed by atoms with E-state index in [4.69, 9.17) is 21.1 Å². The van der Waals surface area contributed by atoms with E-state index in [-0.39, 0.29) is 27.9 Å². The molecule has 1 amide bonds. The van der Waals surface area contributed by atoms with Gasteiger partial charge in [0.25, 0.3) is 5.78 Å². The normalized spacial score (nSPS) is 16.6. The summed E-state index contributed by atoms with van der Waals surface area (Å²) in [6, 6.07) is 10.5. The van der Waals surface area contributed by atoms with Gasteiger partial charge in [-0.15, -0.1) is 0 Å². The molecule has 0 spiro atoms. The molecule has 0 bridgehead atoms. The van der Waals surface area contributed by atoms with Gasteiger partial charge in [-0.05, 0) is 55.3 Å². The first-order chi connectivity index (χ1) is 17.7. The number of hydrogen-bond acceptors (Lipinski definition) is 8. The molecule has 1 atom stereocenters. The van der Waals surface area contributed by atoms with Gasteiger partial charge in [-0.3, -0.25) is 14.5 Å². The Bertz CT molecular complexity index is 1440. The number of benzene rings is 2. The van der Waals surface area contributed by atoms with Crippen LogP contribution in [0.2, 0.25) is 5.02 Å². The zero-order valence-electron chi connectivity index (χ0n) is 20.3. The Hall–Kier alpha value is -3.95. The van der Waals surface area contributed by atoms with Crippen LogP contribution in [-0.2, 0) is 14.3 Å². The molecular formula is C27H23ClN2O6S. The minimum Gasteiger partial charge on any atom is -0.507 e. The summed E-state index contributed by atoms with van der Waals surface area (Å²) < 4.78 is 10.4. The highest BCUT2D eigenvalue weighted by atomic mass is 35.5. The monoisotopic (exact) mass is 538 g/mol. The third-order valence-electron chi connectivity index (χ3n) is 5.81. The number of hydrogen-bond donors (Lipinski definition) is 1. The molecule has 1 aromatic heterocycles. The average molecular weight is 539 g/mol. The molecule has 4 rings (SSSR count). The molecular weight excluding hydrogens is 516 g/mol. The minimum atomic E-state index is -1.01. The topological polar surface area (TPSA) is 106 Å². The highest BCUT2D eigenvalue weighted by Gasteiger charge is 2.48. The molecule has 0 aliphatic carbocycles. The molecule has 37 heavy (non-hydrogen) atoms. The number of halogens is 1. The number of aryl methyl sites for hydroxylation is 2. The van der Waals surface area contributed by atoms with E-state index in [1.807, 2.05) is 0 Å². The molecule has 1 saturated heterocycles. The van der Waals surface area contributed by atoms with Crippen LogP contribution in [0.4, 0.5) is 5.13 Å². The Kier molecular flexibility index (Phi) is 7.47. The number of aromatic nitrogens is 1. The van der Waals surface area contributed by atoms with Gasteiger partial charge in [0.05, 0.1) is 24.4 Å². The first-order valence-corrected chi connectivity index (χ1v) is 12.3. The molecule has 1 aliphatic rings. The molecule has 0 saturated carbocycles. The summed E-state index contributed by atoms with van der Waals surface area (Å²) in [4.78, 5) is 45.0. The Morgan fingerprint density at radius 2 is 1.92 bits per heavy atom. The van der Waals surface area contributed by atoms with E-state index in [2.05, 4.69) is 11.6 Å². The fourth-order valence-electron chi connectivity index (χ4n) is 4.05. The average Bonchev–Trinajstić information content (AvgIpc) is 3.39. The van der Waals surface area contributed by atoms with Crippen LogP contribution in [0.1, 0.15) is 38.1 Å². The molecule has 1 aliphatic heterocycles. The lowest BCUT2D eigenvalue weighted by molar-refractivity contribution is -0.132. The number of aliphatic hydroxyl groups excluding tert-OH is 1. The Morgan fingerprint density at radius 3 is 2.54 bits per heavy atom. The lowest BCUT2D eigenvalue weighted by atomic mass is 9.95. The van der Waals surface area contributed by atoms with E-state index in [0.29, 0.717) is 27.6 Å². The van der Waals surface area contributed by atoms with Crippen LogP contribution >= 0.6 is 22.9 Å². The van der Waals surface area contributed by atoms with Crippen molar-refractivity contribution < 1.29 is 29.0 Å². The molecule has 1 N–H and O–H groups in total. The number of carbonyl (C=O) groups is 3. The maximum absolute atomic E-state index is 13.4. The van der Waals surface area contributed by atoms with E-state index >= 15 is 0 Å². The van der Waals surface area contributed by atoms with Crippen molar-refractivity contribution in [3.05, 3.63) is 93.0 Å². The van der Waals surface area contributed by atoms with Crippen molar-refractivity contribution in [2.45, 2.75) is 19.9 Å². The van der Waals surface area contributed by atoms with Gasteiger partial charge in [-0.25, -0.2) is 9.78 Å². The third kappa shape index (κ3) is 4.87. The largest absolute Gasteiger partial charge is 0.507 e. The predicted molar refractivity (Wildman–Crippen MR) is 141 cm³/mol. The number of ether oxygens (including phenoxy) is 2. The summed E-state index contributed by atoms with van der Waals surface area (Å²) in [5.74, 6) is -2.11. The van der Waals surface area contributed by atoms with E-state index in [0.717, 1.165) is 16.9 Å². The highest BCUT2D eigenvalue weighted by molar-refractivity contribution is 7.17. The molecule has 1 fully saturated rings. The second kappa shape index (κ2) is 10.6. The van der Waals surface area contributed by atoms with Crippen molar-refractivity contribution in [2.75, 3.05) is 18.6 Å². The molecule has 0 unspecified atom stereocenters. The van der Waals surface area contributed by atoms with Gasteiger partial charge < -0.3 is 14.6 Å². The smallest absolute Gasteiger partial charge is 0.350 e. The summed E-state index contributed by atoms with van der Waals surface area (Å²) in [7, 11) is 1.53. The van der Waals surface area contributed by atoms with E-state index in [1.165, 1.54) is 18.1 Å². The molecule has 8 nitrogen and oxygen atoms in total. The summed E-state index contributed by atoms with van der Waals surface area (Å²) in [6.45, 7) is 6.95. The zero-order chi connectivity index (χ0) is 26.9. The minimum absolute atomic E-state index is 0.0159. The number of carbonyl (C=O) groups excluding carboxylic acids is 3. The Labute approximate surface area is 222 Å². The number of thiazole rings is 1. The fraction of sp³-hybridized carbons (Fsp3) is 0.185. The lowest BCUT2D eigenvalue weighted by Gasteiger charge is -2.23. The maximum Gasteiger partial charge on any atom is 0.350 e. The van der Waals surface area contributed by atoms with Gasteiger partial charge in [0, 0.05) is 10.6 Å².